The SMILES string of the molecule is CN(c1nccn2nc(C(F)(F)F)cc12)C(C)(C)CBr. The van der Waals surface area contributed by atoms with Crippen molar-refractivity contribution < 1.29 is 13.2 Å². The summed E-state index contributed by atoms with van der Waals surface area (Å²) >= 11 is 3.40. The lowest BCUT2D eigenvalue weighted by Gasteiger charge is -2.35. The minimum Gasteiger partial charge on any atom is -0.352 e. The fraction of sp³-hybridized carbons (Fsp3) is 0.500. The van der Waals surface area contributed by atoms with Gasteiger partial charge < -0.3 is 4.90 Å². The zero-order chi connectivity index (χ0) is 15.1. The van der Waals surface area contributed by atoms with Crippen molar-refractivity contribution in [1.82, 2.24) is 14.6 Å². The first-order valence-corrected chi connectivity index (χ1v) is 7.00. The molecule has 0 aliphatic rings. The van der Waals surface area contributed by atoms with Crippen molar-refractivity contribution in [3.63, 3.8) is 0 Å². The summed E-state index contributed by atoms with van der Waals surface area (Å²) in [5.41, 5.74) is -0.884. The molecule has 0 radical (unpaired) electrons. The minimum absolute atomic E-state index is 0.294. The fourth-order valence-corrected chi connectivity index (χ4v) is 2.06. The molecule has 0 unspecified atom stereocenters. The van der Waals surface area contributed by atoms with Crippen molar-refractivity contribution in [3.8, 4) is 0 Å². The van der Waals surface area contributed by atoms with Crippen LogP contribution in [0.1, 0.15) is 19.5 Å². The van der Waals surface area contributed by atoms with E-state index in [1.807, 2.05) is 18.7 Å². The molecule has 0 fully saturated rings. The van der Waals surface area contributed by atoms with E-state index in [0.717, 1.165) is 6.07 Å². The van der Waals surface area contributed by atoms with E-state index in [1.165, 1.54) is 16.9 Å². The van der Waals surface area contributed by atoms with Crippen LogP contribution in [0.5, 0.6) is 0 Å². The fourth-order valence-electron chi connectivity index (χ4n) is 1.68. The standard InChI is InChI=1S/C12H14BrF3N4/c1-11(2,7-13)19(3)10-8-6-9(12(14,15)16)18-20(8)5-4-17-10/h4-6H,7H2,1-3H3. The second kappa shape index (κ2) is 4.91. The largest absolute Gasteiger partial charge is 0.435 e. The molecule has 2 heterocycles. The van der Waals surface area contributed by atoms with Gasteiger partial charge in [-0.15, -0.1) is 0 Å². The van der Waals surface area contributed by atoms with Gasteiger partial charge in [0.2, 0.25) is 0 Å². The van der Waals surface area contributed by atoms with Gasteiger partial charge in [0, 0.05) is 36.4 Å². The summed E-state index contributed by atoms with van der Waals surface area (Å²) in [6, 6.07) is 1.02. The highest BCUT2D eigenvalue weighted by Crippen LogP contribution is 2.32. The number of hydrogen-bond donors (Lipinski definition) is 0. The van der Waals surface area contributed by atoms with E-state index in [0.29, 0.717) is 16.7 Å². The maximum Gasteiger partial charge on any atom is 0.435 e. The topological polar surface area (TPSA) is 33.4 Å². The first-order chi connectivity index (χ1) is 9.16. The van der Waals surface area contributed by atoms with Crippen LogP contribution in [0.2, 0.25) is 0 Å². The van der Waals surface area contributed by atoms with Crippen LogP contribution < -0.4 is 4.90 Å². The monoisotopic (exact) mass is 350 g/mol. The van der Waals surface area contributed by atoms with Crippen LogP contribution in [0.4, 0.5) is 19.0 Å². The van der Waals surface area contributed by atoms with Gasteiger partial charge in [0.15, 0.2) is 11.5 Å². The first-order valence-electron chi connectivity index (χ1n) is 5.88. The molecule has 2 rings (SSSR count). The molecular weight excluding hydrogens is 337 g/mol. The molecular formula is C12H14BrF3N4. The maximum absolute atomic E-state index is 12.7. The number of anilines is 1. The van der Waals surface area contributed by atoms with E-state index in [4.69, 9.17) is 0 Å². The Morgan fingerprint density at radius 3 is 2.55 bits per heavy atom. The lowest BCUT2D eigenvalue weighted by molar-refractivity contribution is -0.141. The summed E-state index contributed by atoms with van der Waals surface area (Å²) in [7, 11) is 1.80. The van der Waals surface area contributed by atoms with Crippen LogP contribution in [0.25, 0.3) is 5.52 Å². The predicted molar refractivity (Wildman–Crippen MR) is 74.3 cm³/mol. The van der Waals surface area contributed by atoms with Crippen LogP contribution in [0.3, 0.4) is 0 Å². The predicted octanol–water partition coefficient (Wildman–Crippen LogP) is 3.36. The molecule has 0 bridgehead atoms. The van der Waals surface area contributed by atoms with E-state index in [2.05, 4.69) is 26.0 Å². The average molecular weight is 351 g/mol. The highest BCUT2D eigenvalue weighted by molar-refractivity contribution is 9.09. The molecule has 0 spiro atoms. The summed E-state index contributed by atoms with van der Waals surface area (Å²) in [5.74, 6) is 0.458. The van der Waals surface area contributed by atoms with Crippen molar-refractivity contribution in [2.45, 2.75) is 25.6 Å². The number of nitrogens with zero attached hydrogens (tertiary/aromatic N) is 4. The highest BCUT2D eigenvalue weighted by Gasteiger charge is 2.35. The first kappa shape index (κ1) is 15.1. The smallest absolute Gasteiger partial charge is 0.352 e. The number of aromatic nitrogens is 3. The number of fused-ring (bicyclic) bond motifs is 1. The van der Waals surface area contributed by atoms with E-state index in [9.17, 15) is 13.2 Å². The Morgan fingerprint density at radius 2 is 2.00 bits per heavy atom. The summed E-state index contributed by atoms with van der Waals surface area (Å²) in [5, 5.41) is 4.20. The molecule has 4 nitrogen and oxygen atoms in total. The Morgan fingerprint density at radius 1 is 1.35 bits per heavy atom. The maximum atomic E-state index is 12.7. The second-order valence-corrected chi connectivity index (χ2v) is 5.67. The summed E-state index contributed by atoms with van der Waals surface area (Å²) < 4.78 is 39.4. The Bertz CT molecular complexity index is 621. The van der Waals surface area contributed by atoms with Crippen molar-refractivity contribution >= 4 is 27.3 Å². The number of halogens is 4. The number of rotatable bonds is 3. The molecule has 0 N–H and O–H groups in total. The van der Waals surface area contributed by atoms with Gasteiger partial charge in [-0.1, -0.05) is 15.9 Å². The van der Waals surface area contributed by atoms with Crippen molar-refractivity contribution in [3.05, 3.63) is 24.2 Å². The zero-order valence-corrected chi connectivity index (χ0v) is 12.8. The molecule has 110 valence electrons. The van der Waals surface area contributed by atoms with Crippen molar-refractivity contribution in [2.75, 3.05) is 17.3 Å². The quantitative estimate of drug-likeness (QED) is 0.796. The molecule has 0 aliphatic heterocycles. The van der Waals surface area contributed by atoms with Crippen LogP contribution in [0.15, 0.2) is 18.5 Å². The van der Waals surface area contributed by atoms with E-state index >= 15 is 0 Å². The molecule has 0 atom stereocenters. The normalized spacial score (nSPS) is 12.9. The molecule has 8 heteroatoms. The van der Waals surface area contributed by atoms with Gasteiger partial charge in [0.25, 0.3) is 0 Å². The number of hydrogen-bond acceptors (Lipinski definition) is 3. The summed E-state index contributed by atoms with van der Waals surface area (Å²) in [4.78, 5) is 6.03. The van der Waals surface area contributed by atoms with E-state index in [-0.39, 0.29) is 5.54 Å². The molecule has 0 saturated carbocycles. The third-order valence-corrected chi connectivity index (χ3v) is 4.58. The zero-order valence-electron chi connectivity index (χ0n) is 11.2. The van der Waals surface area contributed by atoms with Crippen LogP contribution in [-0.4, -0.2) is 32.5 Å². The van der Waals surface area contributed by atoms with Crippen molar-refractivity contribution in [1.29, 1.82) is 0 Å². The minimum atomic E-state index is -4.47. The molecule has 0 saturated heterocycles. The summed E-state index contributed by atoms with van der Waals surface area (Å²) in [6.45, 7) is 3.93. The molecule has 2 aromatic heterocycles. The third kappa shape index (κ3) is 2.61. The van der Waals surface area contributed by atoms with Gasteiger partial charge in [-0.3, -0.25) is 0 Å². The summed E-state index contributed by atoms with van der Waals surface area (Å²) in [6.07, 6.45) is -1.62. The molecule has 20 heavy (non-hydrogen) atoms. The van der Waals surface area contributed by atoms with Crippen LogP contribution in [-0.2, 0) is 6.18 Å². The Balaban J connectivity index is 2.58. The molecule has 2 aromatic rings. The Kier molecular flexibility index (Phi) is 3.70. The molecule has 0 amide bonds. The van der Waals surface area contributed by atoms with Gasteiger partial charge in [0.1, 0.15) is 5.52 Å². The average Bonchev–Trinajstić information content (AvgIpc) is 2.81. The van der Waals surface area contributed by atoms with Gasteiger partial charge in [-0.2, -0.15) is 18.3 Å². The van der Waals surface area contributed by atoms with Crippen LogP contribution >= 0.6 is 15.9 Å². The Hall–Kier alpha value is -1.31. The highest BCUT2D eigenvalue weighted by atomic mass is 79.9. The lowest BCUT2D eigenvalue weighted by atomic mass is 10.1. The van der Waals surface area contributed by atoms with Crippen LogP contribution in [0, 0.1) is 0 Å². The van der Waals surface area contributed by atoms with Gasteiger partial charge in [-0.05, 0) is 13.8 Å². The third-order valence-electron chi connectivity index (χ3n) is 3.21. The van der Waals surface area contributed by atoms with E-state index < -0.39 is 11.9 Å². The molecule has 0 aliphatic carbocycles. The Labute approximate surface area is 122 Å². The lowest BCUT2D eigenvalue weighted by Crippen LogP contribution is -2.43. The van der Waals surface area contributed by atoms with Gasteiger partial charge in [-0.25, -0.2) is 9.50 Å². The van der Waals surface area contributed by atoms with Gasteiger partial charge in [0.05, 0.1) is 0 Å². The molecule has 0 aromatic carbocycles. The van der Waals surface area contributed by atoms with E-state index in [1.54, 1.807) is 7.05 Å². The van der Waals surface area contributed by atoms with Crippen molar-refractivity contribution in [2.24, 2.45) is 0 Å². The second-order valence-electron chi connectivity index (χ2n) is 5.11. The van der Waals surface area contributed by atoms with Gasteiger partial charge >= 0.3 is 6.18 Å². The number of alkyl halides is 4.